The van der Waals surface area contributed by atoms with Gasteiger partial charge in [0, 0.05) is 34.3 Å². The van der Waals surface area contributed by atoms with Crippen molar-refractivity contribution in [2.75, 3.05) is 5.32 Å². The predicted octanol–water partition coefficient (Wildman–Crippen LogP) is 5.07. The molecular weight excluding hydrogens is 366 g/mol. The van der Waals surface area contributed by atoms with Gasteiger partial charge in [-0.15, -0.1) is 0 Å². The number of amides is 1. The van der Waals surface area contributed by atoms with Crippen molar-refractivity contribution in [2.45, 2.75) is 13.8 Å². The number of nitrogens with zero attached hydrogens (tertiary/aromatic N) is 2. The van der Waals surface area contributed by atoms with Crippen LogP contribution in [0.3, 0.4) is 0 Å². The van der Waals surface area contributed by atoms with Crippen LogP contribution in [-0.2, 0) is 4.79 Å². The molecule has 136 valence electrons. The Morgan fingerprint density at radius 3 is 2.74 bits per heavy atom. The first kappa shape index (κ1) is 18.5. The van der Waals surface area contributed by atoms with E-state index in [1.165, 1.54) is 24.3 Å². The minimum absolute atomic E-state index is 0.0272. The highest BCUT2D eigenvalue weighted by Gasteiger charge is 2.10. The maximum Gasteiger partial charge on any atom is 0.270 e. The molecule has 0 spiro atoms. The fraction of sp³-hybridized carbons (Fsp3) is 0.100. The average Bonchev–Trinajstić information content (AvgIpc) is 2.63. The molecule has 0 aliphatic heterocycles. The molecule has 3 rings (SSSR count). The molecule has 2 aromatic carbocycles. The second-order valence-corrected chi connectivity index (χ2v) is 6.46. The molecule has 0 radical (unpaired) electrons. The number of hydrogen-bond acceptors (Lipinski definition) is 4. The van der Waals surface area contributed by atoms with Crippen LogP contribution in [-0.4, -0.2) is 15.8 Å². The first-order valence-corrected chi connectivity index (χ1v) is 8.53. The number of halogens is 1. The number of aryl methyl sites for hydroxylation is 2. The van der Waals surface area contributed by atoms with Gasteiger partial charge in [0.05, 0.1) is 16.1 Å². The second-order valence-electron chi connectivity index (χ2n) is 6.05. The third kappa shape index (κ3) is 4.12. The van der Waals surface area contributed by atoms with Gasteiger partial charge in [0.25, 0.3) is 5.69 Å². The van der Waals surface area contributed by atoms with Crippen LogP contribution in [0.25, 0.3) is 17.0 Å². The number of carbonyl (C=O) groups excluding carboxylic acids is 1. The first-order chi connectivity index (χ1) is 12.8. The third-order valence-electron chi connectivity index (χ3n) is 4.06. The molecular formula is C20H16ClN3O3. The van der Waals surface area contributed by atoms with Gasteiger partial charge in [-0.3, -0.25) is 19.9 Å². The summed E-state index contributed by atoms with van der Waals surface area (Å²) in [5.74, 6) is -0.346. The molecule has 3 aromatic rings. The molecule has 1 N–H and O–H groups in total. The minimum Gasteiger partial charge on any atom is -0.322 e. The summed E-state index contributed by atoms with van der Waals surface area (Å²) in [4.78, 5) is 27.2. The van der Waals surface area contributed by atoms with E-state index in [2.05, 4.69) is 10.3 Å². The lowest BCUT2D eigenvalue weighted by Crippen LogP contribution is -2.09. The van der Waals surface area contributed by atoms with Crippen LogP contribution >= 0.6 is 11.6 Å². The van der Waals surface area contributed by atoms with Crippen molar-refractivity contribution in [3.63, 3.8) is 0 Å². The van der Waals surface area contributed by atoms with Gasteiger partial charge in [-0.1, -0.05) is 23.7 Å². The van der Waals surface area contributed by atoms with Crippen molar-refractivity contribution in [1.82, 2.24) is 4.98 Å². The van der Waals surface area contributed by atoms with Crippen molar-refractivity contribution in [3.8, 4) is 0 Å². The van der Waals surface area contributed by atoms with E-state index in [4.69, 9.17) is 11.6 Å². The molecule has 0 aliphatic carbocycles. The summed E-state index contributed by atoms with van der Waals surface area (Å²) in [7, 11) is 0. The number of non-ortho nitro benzene ring substituents is 1. The van der Waals surface area contributed by atoms with E-state index < -0.39 is 4.92 Å². The standard InChI is InChI=1S/C20H16ClN3O3/c1-12-10-18(16-7-8-17(21)13(2)20(16)22-12)23-19(25)9-6-14-4-3-5-15(11-14)24(26)27/h3-11H,1-2H3,(H,22,23,25)/b9-6+. The number of rotatable bonds is 4. The molecule has 0 aliphatic rings. The lowest BCUT2D eigenvalue weighted by atomic mass is 10.1. The zero-order valence-corrected chi connectivity index (χ0v) is 15.4. The molecule has 0 atom stereocenters. The molecule has 27 heavy (non-hydrogen) atoms. The topological polar surface area (TPSA) is 85.1 Å². The zero-order valence-electron chi connectivity index (χ0n) is 14.7. The average molecular weight is 382 g/mol. The van der Waals surface area contributed by atoms with Crippen LogP contribution in [0.15, 0.2) is 48.5 Å². The molecule has 1 heterocycles. The van der Waals surface area contributed by atoms with E-state index in [-0.39, 0.29) is 11.6 Å². The highest BCUT2D eigenvalue weighted by atomic mass is 35.5. The number of nitrogens with one attached hydrogen (secondary N) is 1. The number of nitro benzene ring substituents is 1. The number of aromatic nitrogens is 1. The van der Waals surface area contributed by atoms with E-state index in [1.807, 2.05) is 19.9 Å². The van der Waals surface area contributed by atoms with Crippen molar-refractivity contribution < 1.29 is 9.72 Å². The van der Waals surface area contributed by atoms with E-state index in [9.17, 15) is 14.9 Å². The van der Waals surface area contributed by atoms with Crippen LogP contribution in [0.2, 0.25) is 5.02 Å². The Bertz CT molecular complexity index is 1090. The Morgan fingerprint density at radius 1 is 1.22 bits per heavy atom. The minimum atomic E-state index is -0.475. The number of fused-ring (bicyclic) bond motifs is 1. The summed E-state index contributed by atoms with van der Waals surface area (Å²) >= 11 is 6.16. The van der Waals surface area contributed by atoms with Gasteiger partial charge < -0.3 is 5.32 Å². The Morgan fingerprint density at radius 2 is 2.00 bits per heavy atom. The smallest absolute Gasteiger partial charge is 0.270 e. The second kappa shape index (κ2) is 7.55. The lowest BCUT2D eigenvalue weighted by molar-refractivity contribution is -0.384. The molecule has 1 aromatic heterocycles. The van der Waals surface area contributed by atoms with Gasteiger partial charge in [-0.25, -0.2) is 0 Å². The third-order valence-corrected chi connectivity index (χ3v) is 4.47. The molecule has 0 saturated heterocycles. The number of anilines is 1. The first-order valence-electron chi connectivity index (χ1n) is 8.15. The Kier molecular flexibility index (Phi) is 5.19. The Labute approximate surface area is 160 Å². The van der Waals surface area contributed by atoms with Gasteiger partial charge in [0.2, 0.25) is 5.91 Å². The van der Waals surface area contributed by atoms with Crippen molar-refractivity contribution in [1.29, 1.82) is 0 Å². The number of nitro groups is 1. The van der Waals surface area contributed by atoms with E-state index in [0.717, 1.165) is 22.2 Å². The number of benzene rings is 2. The maximum absolute atomic E-state index is 12.3. The Balaban J connectivity index is 1.87. The summed E-state index contributed by atoms with van der Waals surface area (Å²) < 4.78 is 0. The SMILES string of the molecule is Cc1cc(NC(=O)/C=C/c2cccc([N+](=O)[O-])c2)c2ccc(Cl)c(C)c2n1. The summed E-state index contributed by atoms with van der Waals surface area (Å²) in [6.45, 7) is 3.72. The van der Waals surface area contributed by atoms with Gasteiger partial charge in [-0.2, -0.15) is 0 Å². The van der Waals surface area contributed by atoms with Crippen molar-refractivity contribution in [2.24, 2.45) is 0 Å². The largest absolute Gasteiger partial charge is 0.322 e. The maximum atomic E-state index is 12.3. The van der Waals surface area contributed by atoms with Crippen molar-refractivity contribution in [3.05, 3.63) is 80.5 Å². The van der Waals surface area contributed by atoms with Crippen LogP contribution in [0.4, 0.5) is 11.4 Å². The normalized spacial score (nSPS) is 11.1. The fourth-order valence-electron chi connectivity index (χ4n) is 2.72. The van der Waals surface area contributed by atoms with Gasteiger partial charge >= 0.3 is 0 Å². The highest BCUT2D eigenvalue weighted by molar-refractivity contribution is 6.32. The monoisotopic (exact) mass is 381 g/mol. The van der Waals surface area contributed by atoms with Gasteiger partial charge in [0.1, 0.15) is 0 Å². The predicted molar refractivity (Wildman–Crippen MR) is 107 cm³/mol. The van der Waals surface area contributed by atoms with E-state index in [0.29, 0.717) is 16.3 Å². The summed E-state index contributed by atoms with van der Waals surface area (Å²) in [5.41, 5.74) is 3.51. The molecule has 0 bridgehead atoms. The Hall–Kier alpha value is -3.25. The molecule has 7 heteroatoms. The number of pyridine rings is 1. The fourth-order valence-corrected chi connectivity index (χ4v) is 2.88. The molecule has 6 nitrogen and oxygen atoms in total. The zero-order chi connectivity index (χ0) is 19.6. The quantitative estimate of drug-likeness (QED) is 0.388. The summed E-state index contributed by atoms with van der Waals surface area (Å²) in [6.07, 6.45) is 2.87. The van der Waals surface area contributed by atoms with Crippen LogP contribution < -0.4 is 5.32 Å². The summed E-state index contributed by atoms with van der Waals surface area (Å²) in [5, 5.41) is 15.1. The molecule has 0 fully saturated rings. The molecule has 0 saturated carbocycles. The van der Waals surface area contributed by atoms with E-state index >= 15 is 0 Å². The highest BCUT2D eigenvalue weighted by Crippen LogP contribution is 2.29. The van der Waals surface area contributed by atoms with Crippen molar-refractivity contribution >= 4 is 45.9 Å². The van der Waals surface area contributed by atoms with Crippen LogP contribution in [0.5, 0.6) is 0 Å². The van der Waals surface area contributed by atoms with Gasteiger partial charge in [-0.05, 0) is 49.2 Å². The summed E-state index contributed by atoms with van der Waals surface area (Å²) in [6, 6.07) is 11.4. The number of carbonyl (C=O) groups is 1. The lowest BCUT2D eigenvalue weighted by Gasteiger charge is -2.11. The van der Waals surface area contributed by atoms with Crippen LogP contribution in [0, 0.1) is 24.0 Å². The van der Waals surface area contributed by atoms with Crippen LogP contribution in [0.1, 0.15) is 16.8 Å². The molecule has 1 amide bonds. The number of hydrogen-bond donors (Lipinski definition) is 1. The molecule has 0 unspecified atom stereocenters. The van der Waals surface area contributed by atoms with E-state index in [1.54, 1.807) is 24.3 Å². The van der Waals surface area contributed by atoms with Gasteiger partial charge in [0.15, 0.2) is 0 Å².